The van der Waals surface area contributed by atoms with Gasteiger partial charge in [-0.15, -0.1) is 0 Å². The zero-order valence-electron chi connectivity index (χ0n) is 11.7. The quantitative estimate of drug-likeness (QED) is 0.730. The predicted molar refractivity (Wildman–Crippen MR) is 88.6 cm³/mol. The van der Waals surface area contributed by atoms with Crippen molar-refractivity contribution in [2.24, 2.45) is 0 Å². The molecule has 0 aliphatic carbocycles. The van der Waals surface area contributed by atoms with Gasteiger partial charge in [0.1, 0.15) is 0 Å². The van der Waals surface area contributed by atoms with Gasteiger partial charge in [-0.1, -0.05) is 72.3 Å². The van der Waals surface area contributed by atoms with Crippen molar-refractivity contribution in [2.45, 2.75) is 6.92 Å². The Kier molecular flexibility index (Phi) is 5.41. The molecule has 0 saturated heterocycles. The first kappa shape index (κ1) is 13.9. The van der Waals surface area contributed by atoms with Crippen molar-refractivity contribution in [1.82, 2.24) is 0 Å². The fraction of sp³-hybridized carbons (Fsp3) is 0.0526. The van der Waals surface area contributed by atoms with Crippen LogP contribution >= 0.6 is 0 Å². The number of nitrogens with one attached hydrogen (secondary N) is 1. The molecule has 2 aromatic rings. The summed E-state index contributed by atoms with van der Waals surface area (Å²) >= 11 is 0. The Morgan fingerprint density at radius 3 is 2.20 bits per heavy atom. The van der Waals surface area contributed by atoms with Gasteiger partial charge in [-0.3, -0.25) is 0 Å². The molecule has 0 aliphatic rings. The second kappa shape index (κ2) is 7.80. The van der Waals surface area contributed by atoms with E-state index in [-0.39, 0.29) is 0 Å². The van der Waals surface area contributed by atoms with Crippen LogP contribution in [-0.2, 0) is 0 Å². The molecule has 1 N–H and O–H groups in total. The maximum atomic E-state index is 3.20. The third kappa shape index (κ3) is 4.99. The number of hydrogen-bond donors (Lipinski definition) is 1. The molecule has 0 heterocycles. The molecule has 2 aromatic carbocycles. The van der Waals surface area contributed by atoms with E-state index in [1.165, 1.54) is 11.1 Å². The number of hydrogen-bond acceptors (Lipinski definition) is 1. The number of allylic oxidation sites excluding steroid dienone is 4. The molecule has 0 saturated carbocycles. The van der Waals surface area contributed by atoms with Gasteiger partial charge >= 0.3 is 0 Å². The summed E-state index contributed by atoms with van der Waals surface area (Å²) in [6.45, 7) is 2.10. The van der Waals surface area contributed by atoms with Crippen molar-refractivity contribution < 1.29 is 0 Å². The third-order valence-electron chi connectivity index (χ3n) is 2.82. The van der Waals surface area contributed by atoms with Crippen LogP contribution in [0.5, 0.6) is 0 Å². The van der Waals surface area contributed by atoms with E-state index in [9.17, 15) is 0 Å². The van der Waals surface area contributed by atoms with Crippen LogP contribution in [0.2, 0.25) is 0 Å². The molecule has 20 heavy (non-hydrogen) atoms. The van der Waals surface area contributed by atoms with Gasteiger partial charge in [0.2, 0.25) is 0 Å². The molecule has 0 spiro atoms. The summed E-state index contributed by atoms with van der Waals surface area (Å²) in [5.41, 5.74) is 3.59. The van der Waals surface area contributed by atoms with E-state index in [1.807, 2.05) is 60.8 Å². The minimum Gasteiger partial charge on any atom is -0.362 e. The normalized spacial score (nSPS) is 11.7. The van der Waals surface area contributed by atoms with Crippen LogP contribution in [0.4, 0.5) is 5.69 Å². The molecule has 0 aliphatic heterocycles. The third-order valence-corrected chi connectivity index (χ3v) is 2.82. The van der Waals surface area contributed by atoms with E-state index >= 15 is 0 Å². The minimum absolute atomic E-state index is 1.09. The largest absolute Gasteiger partial charge is 0.362 e. The van der Waals surface area contributed by atoms with Gasteiger partial charge in [-0.05, 0) is 30.7 Å². The Bertz CT molecular complexity index is 589. The van der Waals surface area contributed by atoms with Gasteiger partial charge in [0.25, 0.3) is 0 Å². The highest BCUT2D eigenvalue weighted by Crippen LogP contribution is 2.05. The molecule has 0 aromatic heterocycles. The van der Waals surface area contributed by atoms with E-state index in [0.29, 0.717) is 0 Å². The Morgan fingerprint density at radius 2 is 1.45 bits per heavy atom. The monoisotopic (exact) mass is 261 g/mol. The van der Waals surface area contributed by atoms with Gasteiger partial charge < -0.3 is 5.32 Å². The van der Waals surface area contributed by atoms with Crippen molar-refractivity contribution in [3.8, 4) is 0 Å². The maximum Gasteiger partial charge on any atom is 0.0379 e. The van der Waals surface area contributed by atoms with Crippen LogP contribution in [0.1, 0.15) is 11.1 Å². The van der Waals surface area contributed by atoms with Crippen LogP contribution in [0, 0.1) is 6.92 Å². The summed E-state index contributed by atoms with van der Waals surface area (Å²) in [5.74, 6) is 0. The second-order valence-corrected chi connectivity index (χ2v) is 4.52. The smallest absolute Gasteiger partial charge is 0.0379 e. The van der Waals surface area contributed by atoms with Gasteiger partial charge in [-0.25, -0.2) is 0 Å². The Balaban J connectivity index is 1.77. The first-order chi connectivity index (χ1) is 9.84. The summed E-state index contributed by atoms with van der Waals surface area (Å²) < 4.78 is 0. The summed E-state index contributed by atoms with van der Waals surface area (Å²) in [6, 6.07) is 18.6. The predicted octanol–water partition coefficient (Wildman–Crippen LogP) is 5.19. The van der Waals surface area contributed by atoms with Crippen LogP contribution in [0.15, 0.2) is 85.1 Å². The lowest BCUT2D eigenvalue weighted by Crippen LogP contribution is -1.84. The summed E-state index contributed by atoms with van der Waals surface area (Å²) in [4.78, 5) is 0. The zero-order valence-corrected chi connectivity index (χ0v) is 11.7. The van der Waals surface area contributed by atoms with Crippen molar-refractivity contribution in [3.05, 3.63) is 96.2 Å². The average Bonchev–Trinajstić information content (AvgIpc) is 2.49. The van der Waals surface area contributed by atoms with Gasteiger partial charge in [0.15, 0.2) is 0 Å². The van der Waals surface area contributed by atoms with Gasteiger partial charge in [0, 0.05) is 11.9 Å². The fourth-order valence-corrected chi connectivity index (χ4v) is 1.71. The molecule has 0 bridgehead atoms. The standard InChI is InChI=1S/C19H19N/c1-17-12-14-18(15-13-17)9-5-2-3-8-16-20-19-10-6-4-7-11-19/h2-16,20H,1H3/b3-2-,9-5-,16-8+. The molecule has 0 amide bonds. The van der Waals surface area contributed by atoms with Crippen molar-refractivity contribution >= 4 is 11.8 Å². The zero-order chi connectivity index (χ0) is 14.0. The Morgan fingerprint density at radius 1 is 0.750 bits per heavy atom. The second-order valence-electron chi connectivity index (χ2n) is 4.52. The Labute approximate surface area is 121 Å². The SMILES string of the molecule is Cc1ccc(\C=C/C=C\C=C\Nc2ccccc2)cc1. The molecule has 1 heteroatoms. The van der Waals surface area contributed by atoms with Gasteiger partial charge in [-0.2, -0.15) is 0 Å². The molecular weight excluding hydrogens is 242 g/mol. The minimum atomic E-state index is 1.09. The molecule has 1 nitrogen and oxygen atoms in total. The van der Waals surface area contributed by atoms with Crippen molar-refractivity contribution in [2.75, 3.05) is 5.32 Å². The highest BCUT2D eigenvalue weighted by molar-refractivity contribution is 5.51. The first-order valence-corrected chi connectivity index (χ1v) is 6.73. The summed E-state index contributed by atoms with van der Waals surface area (Å²) in [5, 5.41) is 3.20. The number of para-hydroxylation sites is 1. The first-order valence-electron chi connectivity index (χ1n) is 6.73. The number of benzene rings is 2. The molecule has 2 rings (SSSR count). The van der Waals surface area contributed by atoms with E-state index < -0.39 is 0 Å². The van der Waals surface area contributed by atoms with Crippen LogP contribution in [-0.4, -0.2) is 0 Å². The van der Waals surface area contributed by atoms with Crippen LogP contribution in [0.25, 0.3) is 6.08 Å². The fourth-order valence-electron chi connectivity index (χ4n) is 1.71. The lowest BCUT2D eigenvalue weighted by atomic mass is 10.1. The molecule has 100 valence electrons. The number of rotatable bonds is 5. The van der Waals surface area contributed by atoms with Crippen molar-refractivity contribution in [3.63, 3.8) is 0 Å². The number of aryl methyl sites for hydroxylation is 1. The lowest BCUT2D eigenvalue weighted by Gasteiger charge is -1.97. The van der Waals surface area contributed by atoms with Gasteiger partial charge in [0.05, 0.1) is 0 Å². The van der Waals surface area contributed by atoms with E-state index in [0.717, 1.165) is 5.69 Å². The molecular formula is C19H19N. The molecule has 0 atom stereocenters. The average molecular weight is 261 g/mol. The topological polar surface area (TPSA) is 12.0 Å². The number of anilines is 1. The molecule has 0 unspecified atom stereocenters. The maximum absolute atomic E-state index is 3.20. The highest BCUT2D eigenvalue weighted by atomic mass is 14.8. The highest BCUT2D eigenvalue weighted by Gasteiger charge is 1.84. The van der Waals surface area contributed by atoms with E-state index in [2.05, 4.69) is 42.6 Å². The summed E-state index contributed by atoms with van der Waals surface area (Å²) in [6.07, 6.45) is 12.0. The molecule has 0 radical (unpaired) electrons. The lowest BCUT2D eigenvalue weighted by molar-refractivity contribution is 1.46. The summed E-state index contributed by atoms with van der Waals surface area (Å²) in [7, 11) is 0. The van der Waals surface area contributed by atoms with E-state index in [1.54, 1.807) is 0 Å². The van der Waals surface area contributed by atoms with Crippen molar-refractivity contribution in [1.29, 1.82) is 0 Å². The van der Waals surface area contributed by atoms with Crippen LogP contribution in [0.3, 0.4) is 0 Å². The van der Waals surface area contributed by atoms with E-state index in [4.69, 9.17) is 0 Å². The molecule has 0 fully saturated rings. The Hall–Kier alpha value is -2.54. The van der Waals surface area contributed by atoms with Crippen LogP contribution < -0.4 is 5.32 Å².